The van der Waals surface area contributed by atoms with Crippen LogP contribution in [0.15, 0.2) is 30.3 Å². The SMILES string of the molecule is Cc1cc(N2C[C@H](C)C[C@@H](C)C2)nc(NC(=S)NCc2ccc(N3CCCC3)cc2)n1. The molecule has 1 aromatic carbocycles. The second-order valence-electron chi connectivity index (χ2n) is 9.21. The molecule has 0 unspecified atom stereocenters. The second kappa shape index (κ2) is 9.81. The Labute approximate surface area is 191 Å². The molecule has 0 saturated carbocycles. The van der Waals surface area contributed by atoms with Crippen molar-refractivity contribution in [2.45, 2.75) is 46.6 Å². The predicted octanol–water partition coefficient (Wildman–Crippen LogP) is 4.35. The third-order valence-corrected chi connectivity index (χ3v) is 6.37. The first kappa shape index (κ1) is 21.8. The maximum absolute atomic E-state index is 5.50. The highest BCUT2D eigenvalue weighted by Gasteiger charge is 2.23. The highest BCUT2D eigenvalue weighted by molar-refractivity contribution is 7.80. The zero-order valence-electron chi connectivity index (χ0n) is 18.9. The monoisotopic (exact) mass is 438 g/mol. The quantitative estimate of drug-likeness (QED) is 0.673. The number of piperidine rings is 1. The minimum atomic E-state index is 0.542. The third kappa shape index (κ3) is 5.85. The highest BCUT2D eigenvalue weighted by atomic mass is 32.1. The number of anilines is 3. The molecule has 0 amide bonds. The summed E-state index contributed by atoms with van der Waals surface area (Å²) in [6.07, 6.45) is 3.86. The molecule has 2 aliphatic rings. The lowest BCUT2D eigenvalue weighted by atomic mass is 9.92. The highest BCUT2D eigenvalue weighted by Crippen LogP contribution is 2.26. The smallest absolute Gasteiger partial charge is 0.231 e. The Bertz CT molecular complexity index is 883. The molecular formula is C24H34N6S. The van der Waals surface area contributed by atoms with E-state index in [9.17, 15) is 0 Å². The van der Waals surface area contributed by atoms with E-state index in [2.05, 4.69) is 69.6 Å². The number of nitrogens with one attached hydrogen (secondary N) is 2. The number of aromatic nitrogens is 2. The summed E-state index contributed by atoms with van der Waals surface area (Å²) in [4.78, 5) is 14.1. The van der Waals surface area contributed by atoms with Gasteiger partial charge in [-0.15, -0.1) is 0 Å². The first-order valence-corrected chi connectivity index (χ1v) is 11.9. The Morgan fingerprint density at radius 1 is 1.03 bits per heavy atom. The van der Waals surface area contributed by atoms with Crippen LogP contribution < -0.4 is 20.4 Å². The van der Waals surface area contributed by atoms with E-state index in [1.165, 1.54) is 43.6 Å². The van der Waals surface area contributed by atoms with Crippen LogP contribution in [0.2, 0.25) is 0 Å². The van der Waals surface area contributed by atoms with Gasteiger partial charge >= 0.3 is 0 Å². The van der Waals surface area contributed by atoms with Crippen molar-refractivity contribution in [2.75, 3.05) is 41.3 Å². The summed E-state index contributed by atoms with van der Waals surface area (Å²) < 4.78 is 0. The van der Waals surface area contributed by atoms with Crippen molar-refractivity contribution in [3.63, 3.8) is 0 Å². The van der Waals surface area contributed by atoms with Gasteiger partial charge in [0.25, 0.3) is 0 Å². The second-order valence-corrected chi connectivity index (χ2v) is 9.62. The zero-order valence-corrected chi connectivity index (χ0v) is 19.7. The van der Waals surface area contributed by atoms with Crippen molar-refractivity contribution in [3.8, 4) is 0 Å². The largest absolute Gasteiger partial charge is 0.372 e. The molecule has 1 aromatic heterocycles. The topological polar surface area (TPSA) is 56.3 Å². The van der Waals surface area contributed by atoms with Gasteiger partial charge in [0.15, 0.2) is 5.11 Å². The van der Waals surface area contributed by atoms with Crippen LogP contribution >= 0.6 is 12.2 Å². The van der Waals surface area contributed by atoms with E-state index in [0.29, 0.717) is 29.4 Å². The molecule has 2 atom stereocenters. The molecule has 0 spiro atoms. The summed E-state index contributed by atoms with van der Waals surface area (Å²) in [6.45, 7) is 11.7. The van der Waals surface area contributed by atoms with Gasteiger partial charge in [0.05, 0.1) is 0 Å². The third-order valence-electron chi connectivity index (χ3n) is 6.12. The Morgan fingerprint density at radius 3 is 2.39 bits per heavy atom. The van der Waals surface area contributed by atoms with E-state index in [1.54, 1.807) is 0 Å². The van der Waals surface area contributed by atoms with Crippen molar-refractivity contribution in [1.82, 2.24) is 15.3 Å². The lowest BCUT2D eigenvalue weighted by Crippen LogP contribution is -2.39. The van der Waals surface area contributed by atoms with Crippen LogP contribution in [0.1, 0.15) is 44.4 Å². The standard InChI is InChI=1S/C24H34N6S/c1-17-12-18(2)16-30(15-17)22-13-19(3)26-23(27-22)28-24(31)25-14-20-6-8-21(9-7-20)29-10-4-5-11-29/h6-9,13,17-18H,4-5,10-12,14-16H2,1-3H3,(H2,25,26,27,28,31)/t17-,18-/m1/s1. The first-order valence-electron chi connectivity index (χ1n) is 11.5. The number of benzene rings is 1. The lowest BCUT2D eigenvalue weighted by Gasteiger charge is -2.36. The van der Waals surface area contributed by atoms with Gasteiger partial charge < -0.3 is 20.4 Å². The summed E-state index contributed by atoms with van der Waals surface area (Å²) in [5.41, 5.74) is 3.46. The van der Waals surface area contributed by atoms with Gasteiger partial charge in [-0.25, -0.2) is 4.98 Å². The molecule has 3 heterocycles. The Morgan fingerprint density at radius 2 is 1.71 bits per heavy atom. The maximum atomic E-state index is 5.50. The van der Waals surface area contributed by atoms with Crippen LogP contribution in [-0.2, 0) is 6.54 Å². The fourth-order valence-electron chi connectivity index (χ4n) is 4.75. The number of thiocarbonyl (C=S) groups is 1. The van der Waals surface area contributed by atoms with Gasteiger partial charge in [0, 0.05) is 50.2 Å². The average molecular weight is 439 g/mol. The normalized spacial score (nSPS) is 21.3. The lowest BCUT2D eigenvalue weighted by molar-refractivity contribution is 0.355. The van der Waals surface area contributed by atoms with Gasteiger partial charge in [-0.05, 0) is 67.9 Å². The van der Waals surface area contributed by atoms with E-state index in [0.717, 1.165) is 24.6 Å². The summed E-state index contributed by atoms with van der Waals surface area (Å²) >= 11 is 5.50. The molecule has 2 N–H and O–H groups in total. The van der Waals surface area contributed by atoms with Crippen molar-refractivity contribution in [1.29, 1.82) is 0 Å². The number of nitrogens with zero attached hydrogens (tertiary/aromatic N) is 4. The molecule has 4 rings (SSSR count). The maximum Gasteiger partial charge on any atom is 0.231 e. The molecule has 2 fully saturated rings. The summed E-state index contributed by atoms with van der Waals surface area (Å²) in [5.74, 6) is 2.89. The van der Waals surface area contributed by atoms with Gasteiger partial charge in [-0.2, -0.15) is 4.98 Å². The number of rotatable bonds is 5. The molecule has 7 heteroatoms. The minimum Gasteiger partial charge on any atom is -0.372 e. The number of aryl methyl sites for hydroxylation is 1. The minimum absolute atomic E-state index is 0.542. The molecule has 2 aliphatic heterocycles. The van der Waals surface area contributed by atoms with Crippen LogP contribution in [0.5, 0.6) is 0 Å². The van der Waals surface area contributed by atoms with E-state index < -0.39 is 0 Å². The fourth-order valence-corrected chi connectivity index (χ4v) is 4.91. The molecule has 6 nitrogen and oxygen atoms in total. The van der Waals surface area contributed by atoms with Gasteiger partial charge in [0.2, 0.25) is 5.95 Å². The summed E-state index contributed by atoms with van der Waals surface area (Å²) in [6, 6.07) is 10.8. The van der Waals surface area contributed by atoms with E-state index in [1.807, 2.05) is 6.92 Å². The fraction of sp³-hybridized carbons (Fsp3) is 0.542. The van der Waals surface area contributed by atoms with E-state index in [4.69, 9.17) is 17.2 Å². The van der Waals surface area contributed by atoms with E-state index in [-0.39, 0.29) is 0 Å². The van der Waals surface area contributed by atoms with Crippen LogP contribution in [0, 0.1) is 18.8 Å². The molecule has 166 valence electrons. The van der Waals surface area contributed by atoms with Gasteiger partial charge in [0.1, 0.15) is 5.82 Å². The van der Waals surface area contributed by atoms with E-state index >= 15 is 0 Å². The van der Waals surface area contributed by atoms with Crippen LogP contribution in [0.3, 0.4) is 0 Å². The molecular weight excluding hydrogens is 404 g/mol. The van der Waals surface area contributed by atoms with Gasteiger partial charge in [-0.1, -0.05) is 26.0 Å². The van der Waals surface area contributed by atoms with Gasteiger partial charge in [-0.3, -0.25) is 0 Å². The molecule has 0 bridgehead atoms. The van der Waals surface area contributed by atoms with Crippen LogP contribution in [-0.4, -0.2) is 41.3 Å². The first-order chi connectivity index (χ1) is 15.0. The Balaban J connectivity index is 1.33. The Kier molecular flexibility index (Phi) is 6.90. The predicted molar refractivity (Wildman–Crippen MR) is 133 cm³/mol. The summed E-state index contributed by atoms with van der Waals surface area (Å²) in [5, 5.41) is 7.00. The van der Waals surface area contributed by atoms with Crippen LogP contribution in [0.4, 0.5) is 17.5 Å². The summed E-state index contributed by atoms with van der Waals surface area (Å²) in [7, 11) is 0. The molecule has 0 radical (unpaired) electrons. The molecule has 2 aromatic rings. The Hall–Kier alpha value is -2.41. The average Bonchev–Trinajstić information content (AvgIpc) is 3.26. The van der Waals surface area contributed by atoms with Crippen molar-refractivity contribution in [2.24, 2.45) is 11.8 Å². The van der Waals surface area contributed by atoms with Crippen molar-refractivity contribution in [3.05, 3.63) is 41.6 Å². The molecule has 0 aliphatic carbocycles. The van der Waals surface area contributed by atoms with Crippen LogP contribution in [0.25, 0.3) is 0 Å². The zero-order chi connectivity index (χ0) is 21.8. The number of hydrogen-bond donors (Lipinski definition) is 2. The molecule has 2 saturated heterocycles. The number of hydrogen-bond acceptors (Lipinski definition) is 5. The van der Waals surface area contributed by atoms with Crippen molar-refractivity contribution < 1.29 is 0 Å². The van der Waals surface area contributed by atoms with Crippen molar-refractivity contribution >= 4 is 34.8 Å². The molecule has 31 heavy (non-hydrogen) atoms.